The molecule has 84 valence electrons. The molecule has 3 saturated carbocycles. The molecule has 0 aliphatic heterocycles. The molecule has 0 radical (unpaired) electrons. The van der Waals surface area contributed by atoms with E-state index in [4.69, 9.17) is 4.74 Å². The highest BCUT2D eigenvalue weighted by Crippen LogP contribution is 2.69. The molecule has 4 atom stereocenters. The molecule has 0 N–H and O–H groups in total. The lowest BCUT2D eigenvalue weighted by atomic mass is 10.0. The Hall–Kier alpha value is -0.530. The lowest BCUT2D eigenvalue weighted by Gasteiger charge is -2.20. The van der Waals surface area contributed by atoms with Crippen molar-refractivity contribution in [2.45, 2.75) is 45.6 Å². The van der Waals surface area contributed by atoms with Crippen LogP contribution in [-0.2, 0) is 9.53 Å². The molecule has 0 aromatic carbocycles. The van der Waals surface area contributed by atoms with Crippen LogP contribution in [-0.4, -0.2) is 11.6 Å². The largest absolute Gasteiger partial charge is 0.460 e. The number of ether oxygens (including phenoxy) is 1. The summed E-state index contributed by atoms with van der Waals surface area (Å²) in [6.45, 7) is 5.87. The Morgan fingerprint density at radius 3 is 2.13 bits per heavy atom. The minimum atomic E-state index is -0.312. The second-order valence-electron chi connectivity index (χ2n) is 6.55. The number of hydrogen-bond donors (Lipinski definition) is 0. The van der Waals surface area contributed by atoms with Crippen LogP contribution in [0.5, 0.6) is 0 Å². The second kappa shape index (κ2) is 2.78. The summed E-state index contributed by atoms with van der Waals surface area (Å²) in [5.41, 5.74) is -0.312. The van der Waals surface area contributed by atoms with Crippen molar-refractivity contribution in [1.29, 1.82) is 0 Å². The molecule has 3 aliphatic rings. The lowest BCUT2D eigenvalue weighted by molar-refractivity contribution is -0.157. The maximum absolute atomic E-state index is 11.9. The van der Waals surface area contributed by atoms with Crippen LogP contribution in [0.25, 0.3) is 0 Å². The van der Waals surface area contributed by atoms with E-state index >= 15 is 0 Å². The summed E-state index contributed by atoms with van der Waals surface area (Å²) < 4.78 is 5.48. The molecule has 0 aromatic heterocycles. The molecule has 0 aromatic rings. The molecule has 3 rings (SSSR count). The Bertz CT molecular complexity index is 286. The maximum Gasteiger partial charge on any atom is 0.310 e. The molecular formula is C13H20O2. The van der Waals surface area contributed by atoms with Crippen molar-refractivity contribution in [1.82, 2.24) is 0 Å². The topological polar surface area (TPSA) is 26.3 Å². The van der Waals surface area contributed by atoms with E-state index in [2.05, 4.69) is 0 Å². The van der Waals surface area contributed by atoms with Crippen LogP contribution in [0.15, 0.2) is 0 Å². The zero-order valence-electron chi connectivity index (χ0n) is 9.82. The Balaban J connectivity index is 1.65. The molecule has 0 amide bonds. The molecular weight excluding hydrogens is 188 g/mol. The standard InChI is InChI=1S/C13H20O2/c1-13(2,3)15-12(14)11-9-7-4-5-8(6-7)10(9)11/h7-11H,4-6H2,1-3H3. The van der Waals surface area contributed by atoms with Gasteiger partial charge in [-0.05, 0) is 63.7 Å². The average molecular weight is 208 g/mol. The van der Waals surface area contributed by atoms with Gasteiger partial charge in [-0.25, -0.2) is 0 Å². The molecule has 0 saturated heterocycles. The van der Waals surface area contributed by atoms with Gasteiger partial charge < -0.3 is 4.74 Å². The highest BCUT2D eigenvalue weighted by molar-refractivity contribution is 5.77. The van der Waals surface area contributed by atoms with Gasteiger partial charge in [0.05, 0.1) is 5.92 Å². The van der Waals surface area contributed by atoms with Gasteiger partial charge >= 0.3 is 5.97 Å². The monoisotopic (exact) mass is 208 g/mol. The van der Waals surface area contributed by atoms with Gasteiger partial charge in [-0.3, -0.25) is 4.79 Å². The Kier molecular flexibility index (Phi) is 1.79. The minimum Gasteiger partial charge on any atom is -0.460 e. The van der Waals surface area contributed by atoms with Crippen molar-refractivity contribution in [3.05, 3.63) is 0 Å². The summed E-state index contributed by atoms with van der Waals surface area (Å²) >= 11 is 0. The molecule has 2 bridgehead atoms. The molecule has 0 spiro atoms. The highest BCUT2D eigenvalue weighted by atomic mass is 16.6. The van der Waals surface area contributed by atoms with Gasteiger partial charge in [-0.2, -0.15) is 0 Å². The fourth-order valence-electron chi connectivity index (χ4n) is 4.01. The number of esters is 1. The summed E-state index contributed by atoms with van der Waals surface area (Å²) in [5, 5.41) is 0. The number of carbonyl (C=O) groups is 1. The van der Waals surface area contributed by atoms with E-state index in [1.165, 1.54) is 19.3 Å². The van der Waals surface area contributed by atoms with Crippen LogP contribution in [0.2, 0.25) is 0 Å². The summed E-state index contributed by atoms with van der Waals surface area (Å²) in [7, 11) is 0. The lowest BCUT2D eigenvalue weighted by Crippen LogP contribution is -2.26. The second-order valence-corrected chi connectivity index (χ2v) is 6.55. The number of hydrogen-bond acceptors (Lipinski definition) is 2. The first-order chi connectivity index (χ1) is 6.97. The van der Waals surface area contributed by atoms with E-state index in [1.807, 2.05) is 20.8 Å². The third-order valence-corrected chi connectivity index (χ3v) is 4.41. The van der Waals surface area contributed by atoms with E-state index in [0.29, 0.717) is 11.8 Å². The number of carbonyl (C=O) groups excluding carboxylic acids is 1. The van der Waals surface area contributed by atoms with Crippen molar-refractivity contribution < 1.29 is 9.53 Å². The smallest absolute Gasteiger partial charge is 0.310 e. The maximum atomic E-state index is 11.9. The van der Waals surface area contributed by atoms with Crippen molar-refractivity contribution in [2.75, 3.05) is 0 Å². The first-order valence-corrected chi connectivity index (χ1v) is 6.20. The van der Waals surface area contributed by atoms with E-state index in [9.17, 15) is 4.79 Å². The fraction of sp³-hybridized carbons (Fsp3) is 0.923. The van der Waals surface area contributed by atoms with Crippen molar-refractivity contribution in [3.8, 4) is 0 Å². The molecule has 0 heterocycles. The molecule has 2 heteroatoms. The third-order valence-electron chi connectivity index (χ3n) is 4.41. The molecule has 3 aliphatic carbocycles. The van der Waals surface area contributed by atoms with Gasteiger partial charge in [0.2, 0.25) is 0 Å². The summed E-state index contributed by atoms with van der Waals surface area (Å²) in [6, 6.07) is 0. The first-order valence-electron chi connectivity index (χ1n) is 6.20. The average Bonchev–Trinajstić information content (AvgIpc) is 2.55. The van der Waals surface area contributed by atoms with Gasteiger partial charge in [0.25, 0.3) is 0 Å². The summed E-state index contributed by atoms with van der Waals surface area (Å²) in [4.78, 5) is 11.9. The highest BCUT2D eigenvalue weighted by Gasteiger charge is 2.68. The van der Waals surface area contributed by atoms with Gasteiger partial charge in [0.1, 0.15) is 5.60 Å². The number of rotatable bonds is 1. The van der Waals surface area contributed by atoms with Crippen molar-refractivity contribution >= 4 is 5.97 Å². The molecule has 15 heavy (non-hydrogen) atoms. The van der Waals surface area contributed by atoms with E-state index in [0.717, 1.165) is 11.8 Å². The SMILES string of the molecule is CC(C)(C)OC(=O)C1C2C3CCC(C3)C12. The summed E-state index contributed by atoms with van der Waals surface area (Å²) in [6.07, 6.45) is 4.13. The summed E-state index contributed by atoms with van der Waals surface area (Å²) in [5.74, 6) is 3.48. The van der Waals surface area contributed by atoms with Gasteiger partial charge in [0, 0.05) is 0 Å². The van der Waals surface area contributed by atoms with E-state index in [-0.39, 0.29) is 17.5 Å². The molecule has 2 nitrogen and oxygen atoms in total. The minimum absolute atomic E-state index is 0.0779. The van der Waals surface area contributed by atoms with Gasteiger partial charge in [0.15, 0.2) is 0 Å². The van der Waals surface area contributed by atoms with Crippen LogP contribution in [0.1, 0.15) is 40.0 Å². The molecule has 3 fully saturated rings. The van der Waals surface area contributed by atoms with Crippen LogP contribution in [0, 0.1) is 29.6 Å². The van der Waals surface area contributed by atoms with Crippen LogP contribution in [0.3, 0.4) is 0 Å². The van der Waals surface area contributed by atoms with Crippen LogP contribution < -0.4 is 0 Å². The van der Waals surface area contributed by atoms with Crippen LogP contribution >= 0.6 is 0 Å². The third kappa shape index (κ3) is 1.41. The quantitative estimate of drug-likeness (QED) is 0.619. The normalized spacial score (nSPS) is 46.5. The zero-order valence-corrected chi connectivity index (χ0v) is 9.82. The predicted octanol–water partition coefficient (Wildman–Crippen LogP) is 2.62. The van der Waals surface area contributed by atoms with Crippen LogP contribution in [0.4, 0.5) is 0 Å². The van der Waals surface area contributed by atoms with Gasteiger partial charge in [-0.15, -0.1) is 0 Å². The van der Waals surface area contributed by atoms with Gasteiger partial charge in [-0.1, -0.05) is 0 Å². The van der Waals surface area contributed by atoms with E-state index in [1.54, 1.807) is 0 Å². The van der Waals surface area contributed by atoms with E-state index < -0.39 is 0 Å². The first kappa shape index (κ1) is 9.68. The van der Waals surface area contributed by atoms with Crippen molar-refractivity contribution in [2.24, 2.45) is 29.6 Å². The van der Waals surface area contributed by atoms with Crippen molar-refractivity contribution in [3.63, 3.8) is 0 Å². The predicted molar refractivity (Wildman–Crippen MR) is 57.1 cm³/mol. The Labute approximate surface area is 91.4 Å². The Morgan fingerprint density at radius 2 is 1.67 bits per heavy atom. The zero-order chi connectivity index (χ0) is 10.8. The number of fused-ring (bicyclic) bond motifs is 5. The molecule has 4 unspecified atom stereocenters. The Morgan fingerprint density at radius 1 is 1.13 bits per heavy atom. The fourth-order valence-corrected chi connectivity index (χ4v) is 4.01.